The highest BCUT2D eigenvalue weighted by atomic mass is 16.5. The van der Waals surface area contributed by atoms with E-state index < -0.39 is 0 Å². The normalized spacial score (nSPS) is 17.4. The van der Waals surface area contributed by atoms with E-state index in [1.165, 1.54) is 18.2 Å². The number of carbonyl (C=O) groups is 1. The van der Waals surface area contributed by atoms with Gasteiger partial charge in [-0.3, -0.25) is 4.79 Å². The summed E-state index contributed by atoms with van der Waals surface area (Å²) in [5, 5.41) is 0. The van der Waals surface area contributed by atoms with E-state index in [0.29, 0.717) is 6.61 Å². The molecule has 1 aliphatic rings. The summed E-state index contributed by atoms with van der Waals surface area (Å²) >= 11 is 0. The molecule has 0 bridgehead atoms. The summed E-state index contributed by atoms with van der Waals surface area (Å²) < 4.78 is 10.3. The van der Waals surface area contributed by atoms with Crippen molar-refractivity contribution in [3.05, 3.63) is 28.8 Å². The van der Waals surface area contributed by atoms with Crippen LogP contribution < -0.4 is 10.5 Å². The maximum atomic E-state index is 11.3. The van der Waals surface area contributed by atoms with Gasteiger partial charge in [-0.2, -0.15) is 0 Å². The summed E-state index contributed by atoms with van der Waals surface area (Å²) in [6.07, 6.45) is 1.98. The monoisotopic (exact) mass is 249 g/mol. The van der Waals surface area contributed by atoms with Crippen LogP contribution in [0.25, 0.3) is 0 Å². The van der Waals surface area contributed by atoms with Crippen molar-refractivity contribution in [3.8, 4) is 5.75 Å². The topological polar surface area (TPSA) is 61.5 Å². The van der Waals surface area contributed by atoms with Crippen LogP contribution in [0.2, 0.25) is 0 Å². The van der Waals surface area contributed by atoms with E-state index in [-0.39, 0.29) is 18.4 Å². The fourth-order valence-corrected chi connectivity index (χ4v) is 2.42. The Kier molecular flexibility index (Phi) is 3.87. The van der Waals surface area contributed by atoms with Crippen molar-refractivity contribution >= 4 is 5.97 Å². The van der Waals surface area contributed by atoms with E-state index in [1.54, 1.807) is 0 Å². The third-order valence-corrected chi connectivity index (χ3v) is 3.19. The lowest BCUT2D eigenvalue weighted by Crippen LogP contribution is -2.19. The van der Waals surface area contributed by atoms with Crippen LogP contribution in [0.1, 0.15) is 23.6 Å². The summed E-state index contributed by atoms with van der Waals surface area (Å²) in [5.74, 6) is 0.626. The van der Waals surface area contributed by atoms with Crippen LogP contribution in [0.3, 0.4) is 0 Å². The molecule has 4 nitrogen and oxygen atoms in total. The van der Waals surface area contributed by atoms with Crippen LogP contribution in [0.5, 0.6) is 5.75 Å². The standard InChI is InChI=1S/C14H19NO3/c1-3-18-13-5-9(6-14(16)17-2)4-10-7-11(15)8-12(10)13/h4-5,11H,3,6-8,15H2,1-2H3. The average molecular weight is 249 g/mol. The van der Waals surface area contributed by atoms with Crippen LogP contribution in [0.4, 0.5) is 0 Å². The third-order valence-electron chi connectivity index (χ3n) is 3.19. The highest BCUT2D eigenvalue weighted by Crippen LogP contribution is 2.32. The molecule has 0 aromatic heterocycles. The van der Waals surface area contributed by atoms with E-state index in [1.807, 2.05) is 19.1 Å². The Labute approximate surface area is 107 Å². The van der Waals surface area contributed by atoms with Gasteiger partial charge in [-0.15, -0.1) is 0 Å². The molecular weight excluding hydrogens is 230 g/mol. The number of methoxy groups -OCH3 is 1. The van der Waals surface area contributed by atoms with Gasteiger partial charge in [-0.1, -0.05) is 6.07 Å². The van der Waals surface area contributed by atoms with Gasteiger partial charge in [-0.05, 0) is 42.5 Å². The third kappa shape index (κ3) is 2.64. The van der Waals surface area contributed by atoms with E-state index in [2.05, 4.69) is 0 Å². The SMILES string of the molecule is CCOc1cc(CC(=O)OC)cc2c1CC(N)C2. The van der Waals surface area contributed by atoms with Crippen LogP contribution in [0.15, 0.2) is 12.1 Å². The number of rotatable bonds is 4. The molecule has 4 heteroatoms. The second-order valence-electron chi connectivity index (χ2n) is 4.59. The lowest BCUT2D eigenvalue weighted by Gasteiger charge is -2.11. The number of esters is 1. The van der Waals surface area contributed by atoms with E-state index >= 15 is 0 Å². The zero-order chi connectivity index (χ0) is 13.1. The summed E-state index contributed by atoms with van der Waals surface area (Å²) in [7, 11) is 1.40. The molecule has 1 aliphatic carbocycles. The molecule has 2 N–H and O–H groups in total. The molecule has 0 radical (unpaired) electrons. The molecule has 18 heavy (non-hydrogen) atoms. The molecule has 0 amide bonds. The van der Waals surface area contributed by atoms with E-state index in [4.69, 9.17) is 15.2 Å². The molecule has 0 spiro atoms. The Morgan fingerprint density at radius 2 is 2.22 bits per heavy atom. The van der Waals surface area contributed by atoms with Gasteiger partial charge in [-0.25, -0.2) is 0 Å². The quantitative estimate of drug-likeness (QED) is 0.815. The van der Waals surface area contributed by atoms with Gasteiger partial charge < -0.3 is 15.2 Å². The minimum absolute atomic E-state index is 0.160. The fourth-order valence-electron chi connectivity index (χ4n) is 2.42. The Hall–Kier alpha value is -1.55. The average Bonchev–Trinajstić information content (AvgIpc) is 2.70. The predicted octanol–water partition coefficient (Wildman–Crippen LogP) is 1.23. The summed E-state index contributed by atoms with van der Waals surface area (Å²) in [6.45, 7) is 2.57. The molecule has 0 aliphatic heterocycles. The first-order valence-corrected chi connectivity index (χ1v) is 6.24. The molecular formula is C14H19NO3. The number of ether oxygens (including phenoxy) is 2. The Morgan fingerprint density at radius 3 is 2.89 bits per heavy atom. The summed E-state index contributed by atoms with van der Waals surface area (Å²) in [4.78, 5) is 11.3. The Morgan fingerprint density at radius 1 is 1.44 bits per heavy atom. The number of hydrogen-bond donors (Lipinski definition) is 1. The fraction of sp³-hybridized carbons (Fsp3) is 0.500. The molecule has 1 atom stereocenters. The highest BCUT2D eigenvalue weighted by molar-refractivity contribution is 5.73. The number of nitrogens with two attached hydrogens (primary N) is 1. The lowest BCUT2D eigenvalue weighted by atomic mass is 10.0. The van der Waals surface area contributed by atoms with Crippen molar-refractivity contribution in [3.63, 3.8) is 0 Å². The van der Waals surface area contributed by atoms with E-state index in [0.717, 1.165) is 24.2 Å². The number of hydrogen-bond acceptors (Lipinski definition) is 4. The molecule has 0 heterocycles. The van der Waals surface area contributed by atoms with E-state index in [9.17, 15) is 4.79 Å². The molecule has 1 unspecified atom stereocenters. The second kappa shape index (κ2) is 5.40. The van der Waals surface area contributed by atoms with Gasteiger partial charge in [0.15, 0.2) is 0 Å². The highest BCUT2D eigenvalue weighted by Gasteiger charge is 2.23. The van der Waals surface area contributed by atoms with Gasteiger partial charge in [0.1, 0.15) is 5.75 Å². The minimum Gasteiger partial charge on any atom is -0.494 e. The number of benzene rings is 1. The van der Waals surface area contributed by atoms with Crippen molar-refractivity contribution in [2.75, 3.05) is 13.7 Å². The lowest BCUT2D eigenvalue weighted by molar-refractivity contribution is -0.139. The first kappa shape index (κ1) is 12.9. The van der Waals surface area contributed by atoms with Crippen LogP contribution in [-0.2, 0) is 28.8 Å². The maximum Gasteiger partial charge on any atom is 0.309 e. The van der Waals surface area contributed by atoms with Gasteiger partial charge >= 0.3 is 5.97 Å². The zero-order valence-electron chi connectivity index (χ0n) is 10.9. The molecule has 0 saturated carbocycles. The van der Waals surface area contributed by atoms with Gasteiger partial charge in [0.25, 0.3) is 0 Å². The smallest absolute Gasteiger partial charge is 0.309 e. The van der Waals surface area contributed by atoms with Crippen molar-refractivity contribution in [2.24, 2.45) is 5.73 Å². The van der Waals surface area contributed by atoms with Crippen LogP contribution in [-0.4, -0.2) is 25.7 Å². The maximum absolute atomic E-state index is 11.3. The zero-order valence-corrected chi connectivity index (χ0v) is 10.9. The van der Waals surface area contributed by atoms with Crippen LogP contribution >= 0.6 is 0 Å². The molecule has 1 aromatic carbocycles. The second-order valence-corrected chi connectivity index (χ2v) is 4.59. The molecule has 98 valence electrons. The summed E-state index contributed by atoms with van der Waals surface area (Å²) in [6, 6.07) is 4.13. The molecule has 2 rings (SSSR count). The predicted molar refractivity (Wildman–Crippen MR) is 68.7 cm³/mol. The van der Waals surface area contributed by atoms with Gasteiger partial charge in [0, 0.05) is 6.04 Å². The van der Waals surface area contributed by atoms with Crippen molar-refractivity contribution in [2.45, 2.75) is 32.2 Å². The van der Waals surface area contributed by atoms with Gasteiger partial charge in [0.2, 0.25) is 0 Å². The largest absolute Gasteiger partial charge is 0.494 e. The Bertz CT molecular complexity index is 457. The number of fused-ring (bicyclic) bond motifs is 1. The molecule has 0 saturated heterocycles. The Balaban J connectivity index is 2.31. The number of carbonyl (C=O) groups excluding carboxylic acids is 1. The molecule has 0 fully saturated rings. The first-order valence-electron chi connectivity index (χ1n) is 6.24. The summed E-state index contributed by atoms with van der Waals surface area (Å²) in [5.41, 5.74) is 9.30. The van der Waals surface area contributed by atoms with Crippen molar-refractivity contribution in [1.29, 1.82) is 0 Å². The minimum atomic E-state index is -0.236. The van der Waals surface area contributed by atoms with Crippen molar-refractivity contribution in [1.82, 2.24) is 0 Å². The van der Waals surface area contributed by atoms with Crippen molar-refractivity contribution < 1.29 is 14.3 Å². The van der Waals surface area contributed by atoms with Gasteiger partial charge in [0.05, 0.1) is 20.1 Å². The molecule has 1 aromatic rings. The van der Waals surface area contributed by atoms with Crippen LogP contribution in [0, 0.1) is 0 Å². The first-order chi connectivity index (χ1) is 8.63.